The van der Waals surface area contributed by atoms with Crippen LogP contribution in [0, 0.1) is 0 Å². The minimum atomic E-state index is 0.400. The van der Waals surface area contributed by atoms with E-state index in [1.165, 1.54) is 29.7 Å². The highest BCUT2D eigenvalue weighted by atomic mass is 32.1. The van der Waals surface area contributed by atoms with Crippen LogP contribution in [0.25, 0.3) is 0 Å². The van der Waals surface area contributed by atoms with Gasteiger partial charge >= 0.3 is 0 Å². The van der Waals surface area contributed by atoms with Crippen LogP contribution >= 0.6 is 11.3 Å². The second-order valence-corrected chi connectivity index (χ2v) is 5.04. The van der Waals surface area contributed by atoms with E-state index in [1.807, 2.05) is 12.1 Å². The van der Waals surface area contributed by atoms with Gasteiger partial charge in [-0.15, -0.1) is 5.10 Å². The molecule has 0 saturated heterocycles. The Bertz CT molecular complexity index is 481. The molecular weight excluding hydrogens is 246 g/mol. The third kappa shape index (κ3) is 3.51. The monoisotopic (exact) mass is 263 g/mol. The fourth-order valence-corrected chi connectivity index (χ4v) is 2.15. The summed E-state index contributed by atoms with van der Waals surface area (Å²) in [6.45, 7) is 2.60. The molecule has 1 aromatic heterocycles. The van der Waals surface area contributed by atoms with Gasteiger partial charge in [0, 0.05) is 6.54 Å². The van der Waals surface area contributed by atoms with Crippen LogP contribution in [0.15, 0.2) is 24.3 Å². The molecule has 2 aromatic rings. The summed E-state index contributed by atoms with van der Waals surface area (Å²) in [5, 5.41) is 9.15. The van der Waals surface area contributed by atoms with E-state index in [9.17, 15) is 0 Å². The standard InChI is InChI=1S/C13H17N3OS/c1-2-3-4-10-5-7-11(8-6-10)17-13-16-15-12(9-14)18-13/h5-8H,2-4,9,14H2,1H3. The van der Waals surface area contributed by atoms with Crippen molar-refractivity contribution < 1.29 is 4.74 Å². The summed E-state index contributed by atoms with van der Waals surface area (Å²) in [7, 11) is 0. The summed E-state index contributed by atoms with van der Waals surface area (Å²) < 4.78 is 5.61. The van der Waals surface area contributed by atoms with E-state index < -0.39 is 0 Å². The number of nitrogens with zero attached hydrogens (tertiary/aromatic N) is 2. The van der Waals surface area contributed by atoms with Crippen molar-refractivity contribution in [1.29, 1.82) is 0 Å². The molecule has 0 aliphatic rings. The highest BCUT2D eigenvalue weighted by molar-refractivity contribution is 7.13. The van der Waals surface area contributed by atoms with E-state index in [0.717, 1.165) is 17.2 Å². The highest BCUT2D eigenvalue weighted by Gasteiger charge is 2.04. The van der Waals surface area contributed by atoms with E-state index in [2.05, 4.69) is 29.3 Å². The number of rotatable bonds is 6. The number of benzene rings is 1. The summed E-state index contributed by atoms with van der Waals surface area (Å²) in [6.07, 6.45) is 3.55. The lowest BCUT2D eigenvalue weighted by Crippen LogP contribution is -1.94. The number of aromatic nitrogens is 2. The van der Waals surface area contributed by atoms with Crippen LogP contribution in [0.4, 0.5) is 0 Å². The Labute approximate surface area is 111 Å². The summed E-state index contributed by atoms with van der Waals surface area (Å²) in [5.41, 5.74) is 6.81. The van der Waals surface area contributed by atoms with Gasteiger partial charge in [-0.2, -0.15) is 0 Å². The van der Waals surface area contributed by atoms with Crippen molar-refractivity contribution in [3.63, 3.8) is 0 Å². The molecule has 0 fully saturated rings. The predicted octanol–water partition coefficient (Wildman–Crippen LogP) is 3.13. The Morgan fingerprint density at radius 2 is 2.00 bits per heavy atom. The van der Waals surface area contributed by atoms with Crippen molar-refractivity contribution in [1.82, 2.24) is 10.2 Å². The topological polar surface area (TPSA) is 61.0 Å². The molecule has 1 aromatic carbocycles. The summed E-state index contributed by atoms with van der Waals surface area (Å²) in [6, 6.07) is 8.12. The predicted molar refractivity (Wildman–Crippen MR) is 72.9 cm³/mol. The molecule has 0 atom stereocenters. The third-order valence-corrected chi connectivity index (χ3v) is 3.39. The SMILES string of the molecule is CCCCc1ccc(Oc2nnc(CN)s2)cc1. The maximum atomic E-state index is 5.61. The van der Waals surface area contributed by atoms with Gasteiger partial charge in [0.05, 0.1) is 0 Å². The van der Waals surface area contributed by atoms with Crippen molar-refractivity contribution in [3.8, 4) is 10.9 Å². The Morgan fingerprint density at radius 3 is 2.61 bits per heavy atom. The quantitative estimate of drug-likeness (QED) is 0.869. The van der Waals surface area contributed by atoms with Gasteiger partial charge in [-0.3, -0.25) is 0 Å². The Balaban J connectivity index is 1.97. The second kappa shape index (κ2) is 6.47. The Kier molecular flexibility index (Phi) is 4.66. The number of aryl methyl sites for hydroxylation is 1. The molecule has 0 saturated carbocycles. The van der Waals surface area contributed by atoms with Gasteiger partial charge in [0.2, 0.25) is 0 Å². The van der Waals surface area contributed by atoms with Crippen LogP contribution in [0.5, 0.6) is 10.9 Å². The maximum Gasteiger partial charge on any atom is 0.299 e. The molecule has 2 N–H and O–H groups in total. The van der Waals surface area contributed by atoms with Crippen LogP contribution in [0.3, 0.4) is 0 Å². The fourth-order valence-electron chi connectivity index (χ4n) is 1.57. The normalized spacial score (nSPS) is 10.6. The lowest BCUT2D eigenvalue weighted by Gasteiger charge is -2.03. The molecule has 96 valence electrons. The minimum absolute atomic E-state index is 0.400. The molecule has 5 heteroatoms. The molecule has 1 heterocycles. The Morgan fingerprint density at radius 1 is 1.22 bits per heavy atom. The number of unbranched alkanes of at least 4 members (excludes halogenated alkanes) is 1. The smallest absolute Gasteiger partial charge is 0.299 e. The molecular formula is C13H17N3OS. The van der Waals surface area contributed by atoms with Gasteiger partial charge in [0.15, 0.2) is 0 Å². The van der Waals surface area contributed by atoms with Crippen LogP contribution in [-0.2, 0) is 13.0 Å². The molecule has 4 nitrogen and oxygen atoms in total. The summed E-state index contributed by atoms with van der Waals surface area (Å²) >= 11 is 1.38. The van der Waals surface area contributed by atoms with Crippen LogP contribution in [0.2, 0.25) is 0 Å². The van der Waals surface area contributed by atoms with Gasteiger partial charge in [-0.1, -0.05) is 41.9 Å². The largest absolute Gasteiger partial charge is 0.430 e. The molecule has 0 unspecified atom stereocenters. The van der Waals surface area contributed by atoms with Crippen molar-refractivity contribution in [2.24, 2.45) is 5.73 Å². The fraction of sp³-hybridized carbons (Fsp3) is 0.385. The number of hydrogen-bond acceptors (Lipinski definition) is 5. The van der Waals surface area contributed by atoms with Crippen molar-refractivity contribution in [2.75, 3.05) is 0 Å². The second-order valence-electron chi connectivity index (χ2n) is 4.02. The minimum Gasteiger partial charge on any atom is -0.430 e. The molecule has 0 aliphatic heterocycles. The third-order valence-electron chi connectivity index (χ3n) is 2.57. The van der Waals surface area contributed by atoms with Crippen LogP contribution in [0.1, 0.15) is 30.3 Å². The zero-order chi connectivity index (χ0) is 12.8. The average molecular weight is 263 g/mol. The maximum absolute atomic E-state index is 5.61. The molecule has 0 aliphatic carbocycles. The first kappa shape index (κ1) is 13.0. The van der Waals surface area contributed by atoms with Gasteiger partial charge in [-0.05, 0) is 30.5 Å². The van der Waals surface area contributed by atoms with E-state index in [1.54, 1.807) is 0 Å². The Hall–Kier alpha value is -1.46. The number of hydrogen-bond donors (Lipinski definition) is 1. The van der Waals surface area contributed by atoms with Crippen LogP contribution < -0.4 is 10.5 Å². The van der Waals surface area contributed by atoms with Gasteiger partial charge in [0.1, 0.15) is 10.8 Å². The average Bonchev–Trinajstić information content (AvgIpc) is 2.86. The van der Waals surface area contributed by atoms with E-state index in [0.29, 0.717) is 11.7 Å². The molecule has 0 spiro atoms. The van der Waals surface area contributed by atoms with Gasteiger partial charge in [0.25, 0.3) is 5.19 Å². The van der Waals surface area contributed by atoms with Crippen molar-refractivity contribution in [3.05, 3.63) is 34.8 Å². The lowest BCUT2D eigenvalue weighted by atomic mass is 10.1. The summed E-state index contributed by atoms with van der Waals surface area (Å²) in [4.78, 5) is 0. The molecule has 0 bridgehead atoms. The van der Waals surface area contributed by atoms with Gasteiger partial charge in [-0.25, -0.2) is 0 Å². The van der Waals surface area contributed by atoms with E-state index in [4.69, 9.17) is 10.5 Å². The molecule has 18 heavy (non-hydrogen) atoms. The van der Waals surface area contributed by atoms with Crippen molar-refractivity contribution in [2.45, 2.75) is 32.7 Å². The number of nitrogens with two attached hydrogens (primary N) is 1. The summed E-state index contributed by atoms with van der Waals surface area (Å²) in [5.74, 6) is 0.787. The highest BCUT2D eigenvalue weighted by Crippen LogP contribution is 2.25. The molecule has 0 amide bonds. The zero-order valence-electron chi connectivity index (χ0n) is 10.4. The first-order chi connectivity index (χ1) is 8.81. The van der Waals surface area contributed by atoms with Crippen molar-refractivity contribution >= 4 is 11.3 Å². The first-order valence-electron chi connectivity index (χ1n) is 6.11. The number of ether oxygens (including phenoxy) is 1. The van der Waals surface area contributed by atoms with Crippen LogP contribution in [-0.4, -0.2) is 10.2 Å². The van der Waals surface area contributed by atoms with Gasteiger partial charge < -0.3 is 10.5 Å². The lowest BCUT2D eigenvalue weighted by molar-refractivity contribution is 0.473. The molecule has 2 rings (SSSR count). The zero-order valence-corrected chi connectivity index (χ0v) is 11.2. The first-order valence-corrected chi connectivity index (χ1v) is 6.92. The van der Waals surface area contributed by atoms with E-state index in [-0.39, 0.29) is 0 Å². The molecule has 0 radical (unpaired) electrons. The van der Waals surface area contributed by atoms with E-state index >= 15 is 0 Å².